The Bertz CT molecular complexity index is 451. The number of aromatic nitrogens is 1. The van der Waals surface area contributed by atoms with Gasteiger partial charge in [0.15, 0.2) is 0 Å². The van der Waals surface area contributed by atoms with E-state index in [9.17, 15) is 9.90 Å². The fourth-order valence-electron chi connectivity index (χ4n) is 2.41. The lowest BCUT2D eigenvalue weighted by Gasteiger charge is -2.35. The fourth-order valence-corrected chi connectivity index (χ4v) is 2.66. The van der Waals surface area contributed by atoms with E-state index in [-0.39, 0.29) is 12.0 Å². The minimum atomic E-state index is -0.325. The minimum Gasteiger partial charge on any atom is -0.392 e. The standard InChI is InChI=1S/C13H20ClN3O2/c1-10(18)8-16-3-5-17(6-4-16)13(19)12-7-11(14)9-15(12)2/h7,9-10,18H,3-6,8H2,1-2H3. The molecule has 0 saturated carbocycles. The van der Waals surface area contributed by atoms with E-state index in [2.05, 4.69) is 4.90 Å². The van der Waals surface area contributed by atoms with E-state index in [0.717, 1.165) is 13.1 Å². The third-order valence-corrected chi connectivity index (χ3v) is 3.58. The molecule has 1 fully saturated rings. The number of halogens is 1. The summed E-state index contributed by atoms with van der Waals surface area (Å²) >= 11 is 5.90. The Balaban J connectivity index is 1.94. The van der Waals surface area contributed by atoms with E-state index in [4.69, 9.17) is 11.6 Å². The number of aryl methyl sites for hydroxylation is 1. The van der Waals surface area contributed by atoms with Crippen LogP contribution in [0, 0.1) is 0 Å². The smallest absolute Gasteiger partial charge is 0.270 e. The summed E-state index contributed by atoms with van der Waals surface area (Å²) in [5, 5.41) is 9.94. The van der Waals surface area contributed by atoms with Crippen molar-refractivity contribution < 1.29 is 9.90 Å². The molecule has 0 radical (unpaired) electrons. The Morgan fingerprint density at radius 1 is 1.42 bits per heavy atom. The van der Waals surface area contributed by atoms with Gasteiger partial charge in [-0.05, 0) is 13.0 Å². The summed E-state index contributed by atoms with van der Waals surface area (Å²) in [6.45, 7) is 5.42. The highest BCUT2D eigenvalue weighted by Gasteiger charge is 2.24. The van der Waals surface area contributed by atoms with Gasteiger partial charge >= 0.3 is 0 Å². The molecular formula is C13H20ClN3O2. The van der Waals surface area contributed by atoms with Crippen molar-refractivity contribution in [2.24, 2.45) is 7.05 Å². The fraction of sp³-hybridized carbons (Fsp3) is 0.615. The number of piperazine rings is 1. The van der Waals surface area contributed by atoms with Gasteiger partial charge in [0.05, 0.1) is 11.1 Å². The van der Waals surface area contributed by atoms with Crippen LogP contribution < -0.4 is 0 Å². The first-order valence-corrected chi connectivity index (χ1v) is 6.86. The van der Waals surface area contributed by atoms with Crippen molar-refractivity contribution >= 4 is 17.5 Å². The minimum absolute atomic E-state index is 0.0195. The van der Waals surface area contributed by atoms with Crippen LogP contribution in [0.25, 0.3) is 0 Å². The van der Waals surface area contributed by atoms with Crippen molar-refractivity contribution in [1.29, 1.82) is 0 Å². The van der Waals surface area contributed by atoms with Gasteiger partial charge in [0.2, 0.25) is 0 Å². The van der Waals surface area contributed by atoms with Crippen LogP contribution in [0.2, 0.25) is 5.02 Å². The summed E-state index contributed by atoms with van der Waals surface area (Å²) in [6, 6.07) is 1.70. The molecule has 1 saturated heterocycles. The predicted octanol–water partition coefficient (Wildman–Crippen LogP) is 0.817. The molecule has 1 aliphatic rings. The molecule has 2 rings (SSSR count). The molecule has 0 aromatic carbocycles. The molecular weight excluding hydrogens is 266 g/mol. The number of amides is 1. The Morgan fingerprint density at radius 2 is 2.05 bits per heavy atom. The van der Waals surface area contributed by atoms with Crippen molar-refractivity contribution in [3.8, 4) is 0 Å². The highest BCUT2D eigenvalue weighted by atomic mass is 35.5. The maximum Gasteiger partial charge on any atom is 0.270 e. The molecule has 6 heteroatoms. The Hall–Kier alpha value is -1.04. The maximum absolute atomic E-state index is 12.3. The zero-order valence-electron chi connectivity index (χ0n) is 11.3. The van der Waals surface area contributed by atoms with Crippen LogP contribution in [0.5, 0.6) is 0 Å². The second-order valence-electron chi connectivity index (χ2n) is 5.10. The van der Waals surface area contributed by atoms with Gasteiger partial charge in [0.25, 0.3) is 5.91 Å². The van der Waals surface area contributed by atoms with E-state index in [1.165, 1.54) is 0 Å². The lowest BCUT2D eigenvalue weighted by Crippen LogP contribution is -2.50. The van der Waals surface area contributed by atoms with E-state index >= 15 is 0 Å². The molecule has 1 atom stereocenters. The zero-order valence-corrected chi connectivity index (χ0v) is 12.1. The number of hydrogen-bond donors (Lipinski definition) is 1. The molecule has 106 valence electrons. The number of hydrogen-bond acceptors (Lipinski definition) is 3. The van der Waals surface area contributed by atoms with Crippen molar-refractivity contribution in [3.63, 3.8) is 0 Å². The third kappa shape index (κ3) is 3.49. The quantitative estimate of drug-likeness (QED) is 0.894. The molecule has 19 heavy (non-hydrogen) atoms. The SMILES string of the molecule is CC(O)CN1CCN(C(=O)c2cc(Cl)cn2C)CC1. The Morgan fingerprint density at radius 3 is 2.53 bits per heavy atom. The number of rotatable bonds is 3. The monoisotopic (exact) mass is 285 g/mol. The van der Waals surface area contributed by atoms with Crippen LogP contribution in [-0.4, -0.2) is 64.2 Å². The van der Waals surface area contributed by atoms with Gasteiger partial charge in [-0.3, -0.25) is 9.69 Å². The lowest BCUT2D eigenvalue weighted by molar-refractivity contribution is 0.0546. The van der Waals surface area contributed by atoms with Gasteiger partial charge in [-0.25, -0.2) is 0 Å². The molecule has 5 nitrogen and oxygen atoms in total. The predicted molar refractivity (Wildman–Crippen MR) is 74.4 cm³/mol. The number of aliphatic hydroxyl groups is 1. The molecule has 2 heterocycles. The van der Waals surface area contributed by atoms with E-state index in [0.29, 0.717) is 30.4 Å². The van der Waals surface area contributed by atoms with Crippen LogP contribution in [0.1, 0.15) is 17.4 Å². The molecule has 1 aliphatic heterocycles. The normalized spacial score (nSPS) is 18.6. The van der Waals surface area contributed by atoms with Crippen LogP contribution in [0.4, 0.5) is 0 Å². The number of β-amino-alcohol motifs (C(OH)–C–C–N with tert-alkyl or cyclic N) is 1. The van der Waals surface area contributed by atoms with Gasteiger partial charge in [0.1, 0.15) is 5.69 Å². The van der Waals surface area contributed by atoms with Crippen LogP contribution in [0.3, 0.4) is 0 Å². The van der Waals surface area contributed by atoms with Crippen LogP contribution in [-0.2, 0) is 7.05 Å². The molecule has 0 bridgehead atoms. The number of aliphatic hydroxyl groups excluding tert-OH is 1. The Labute approximate surface area is 118 Å². The lowest BCUT2D eigenvalue weighted by atomic mass is 10.2. The van der Waals surface area contributed by atoms with Crippen molar-refractivity contribution in [3.05, 3.63) is 23.0 Å². The van der Waals surface area contributed by atoms with Crippen molar-refractivity contribution in [1.82, 2.24) is 14.4 Å². The highest BCUT2D eigenvalue weighted by molar-refractivity contribution is 6.31. The van der Waals surface area contributed by atoms with E-state index in [1.807, 2.05) is 11.9 Å². The number of carbonyl (C=O) groups is 1. The van der Waals surface area contributed by atoms with Gasteiger partial charge in [-0.2, -0.15) is 0 Å². The molecule has 0 spiro atoms. The topological polar surface area (TPSA) is 48.7 Å². The van der Waals surface area contributed by atoms with Crippen LogP contribution in [0.15, 0.2) is 12.3 Å². The van der Waals surface area contributed by atoms with Gasteiger partial charge in [-0.1, -0.05) is 11.6 Å². The van der Waals surface area contributed by atoms with E-state index < -0.39 is 0 Å². The summed E-state index contributed by atoms with van der Waals surface area (Å²) in [6.07, 6.45) is 1.41. The molecule has 0 aliphatic carbocycles. The second-order valence-corrected chi connectivity index (χ2v) is 5.53. The first kappa shape index (κ1) is 14.4. The van der Waals surface area contributed by atoms with Crippen molar-refractivity contribution in [2.45, 2.75) is 13.0 Å². The number of nitrogens with zero attached hydrogens (tertiary/aromatic N) is 3. The third-order valence-electron chi connectivity index (χ3n) is 3.37. The molecule has 1 amide bonds. The molecule has 1 N–H and O–H groups in total. The maximum atomic E-state index is 12.3. The van der Waals surface area contributed by atoms with E-state index in [1.54, 1.807) is 23.8 Å². The van der Waals surface area contributed by atoms with Gasteiger partial charge in [-0.15, -0.1) is 0 Å². The summed E-state index contributed by atoms with van der Waals surface area (Å²) in [5.74, 6) is 0.0195. The average molecular weight is 286 g/mol. The molecule has 1 aromatic rings. The van der Waals surface area contributed by atoms with Gasteiger partial charge in [0, 0.05) is 46.0 Å². The van der Waals surface area contributed by atoms with Gasteiger partial charge < -0.3 is 14.6 Å². The summed E-state index contributed by atoms with van der Waals surface area (Å²) < 4.78 is 1.76. The largest absolute Gasteiger partial charge is 0.392 e. The zero-order chi connectivity index (χ0) is 14.0. The Kier molecular flexibility index (Phi) is 4.50. The van der Waals surface area contributed by atoms with Crippen molar-refractivity contribution in [2.75, 3.05) is 32.7 Å². The summed E-state index contributed by atoms with van der Waals surface area (Å²) in [5.41, 5.74) is 0.619. The number of carbonyl (C=O) groups excluding carboxylic acids is 1. The highest BCUT2D eigenvalue weighted by Crippen LogP contribution is 2.15. The molecule has 1 unspecified atom stereocenters. The average Bonchev–Trinajstić information content (AvgIpc) is 2.68. The summed E-state index contributed by atoms with van der Waals surface area (Å²) in [7, 11) is 1.82. The summed E-state index contributed by atoms with van der Waals surface area (Å²) in [4.78, 5) is 16.4. The first-order chi connectivity index (χ1) is 8.97. The molecule has 1 aromatic heterocycles. The first-order valence-electron chi connectivity index (χ1n) is 6.49. The second kappa shape index (κ2) is 5.94. The van der Waals surface area contributed by atoms with Crippen LogP contribution >= 0.6 is 11.6 Å².